The van der Waals surface area contributed by atoms with Gasteiger partial charge in [0, 0.05) is 30.2 Å². The first kappa shape index (κ1) is 19.7. The fourth-order valence-corrected chi connectivity index (χ4v) is 3.12. The zero-order valence-corrected chi connectivity index (χ0v) is 15.5. The van der Waals surface area contributed by atoms with E-state index < -0.39 is 0 Å². The maximum atomic E-state index is 14.5. The van der Waals surface area contributed by atoms with Gasteiger partial charge in [-0.1, -0.05) is 29.8 Å². The topological polar surface area (TPSA) is 62.9 Å². The van der Waals surface area contributed by atoms with Crippen LogP contribution in [0.2, 0.25) is 5.02 Å². The van der Waals surface area contributed by atoms with Gasteiger partial charge >= 0.3 is 0 Å². The first-order chi connectivity index (χ1) is 11.9. The van der Waals surface area contributed by atoms with Gasteiger partial charge in [0.25, 0.3) is 0 Å². The molecule has 2 atom stereocenters. The Morgan fingerprint density at radius 3 is 3.00 bits per heavy atom. The van der Waals surface area contributed by atoms with Crippen molar-refractivity contribution in [2.45, 2.75) is 26.0 Å². The summed E-state index contributed by atoms with van der Waals surface area (Å²) in [6, 6.07) is 4.42. The molecular formula is C18H26ClFN4O. The highest BCUT2D eigenvalue weighted by atomic mass is 35.5. The monoisotopic (exact) mass is 368 g/mol. The van der Waals surface area contributed by atoms with E-state index in [-0.39, 0.29) is 18.0 Å². The number of benzene rings is 1. The maximum absolute atomic E-state index is 14.5. The average Bonchev–Trinajstić information content (AvgIpc) is 2.55. The van der Waals surface area contributed by atoms with Crippen LogP contribution in [-0.4, -0.2) is 49.7 Å². The Morgan fingerprint density at radius 2 is 2.36 bits per heavy atom. The molecule has 0 aliphatic carbocycles. The molecule has 2 unspecified atom stereocenters. The lowest BCUT2D eigenvalue weighted by Crippen LogP contribution is -2.44. The summed E-state index contributed by atoms with van der Waals surface area (Å²) < 4.78 is 20.1. The molecule has 1 heterocycles. The molecule has 0 spiro atoms. The zero-order valence-electron chi connectivity index (χ0n) is 14.8. The lowest BCUT2D eigenvalue weighted by molar-refractivity contribution is -0.0336. The third-order valence-electron chi connectivity index (χ3n) is 4.05. The lowest BCUT2D eigenvalue weighted by atomic mass is 10.0. The number of halogens is 2. The molecule has 1 saturated heterocycles. The Labute approximate surface area is 153 Å². The number of nitrogens with zero attached hydrogens (tertiary/aromatic N) is 2. The van der Waals surface area contributed by atoms with Crippen LogP contribution < -0.4 is 11.1 Å². The predicted octanol–water partition coefficient (Wildman–Crippen LogP) is 2.72. The van der Waals surface area contributed by atoms with Crippen LogP contribution in [-0.2, 0) is 4.74 Å². The minimum atomic E-state index is -0.333. The van der Waals surface area contributed by atoms with Crippen molar-refractivity contribution >= 4 is 17.6 Å². The number of hydrogen-bond donors (Lipinski definition) is 2. The van der Waals surface area contributed by atoms with E-state index >= 15 is 0 Å². The fraction of sp³-hybridized carbons (Fsp3) is 0.500. The molecule has 0 amide bonds. The van der Waals surface area contributed by atoms with Crippen LogP contribution in [0.1, 0.15) is 25.5 Å². The summed E-state index contributed by atoms with van der Waals surface area (Å²) in [5.74, 6) is -0.0259. The molecular weight excluding hydrogens is 343 g/mol. The van der Waals surface area contributed by atoms with Gasteiger partial charge in [0.2, 0.25) is 0 Å². The molecule has 0 saturated carbocycles. The second-order valence-corrected chi connectivity index (χ2v) is 6.77. The number of guanidine groups is 1. The van der Waals surface area contributed by atoms with Gasteiger partial charge in [-0.25, -0.2) is 4.39 Å². The molecule has 0 bridgehead atoms. The van der Waals surface area contributed by atoms with Crippen molar-refractivity contribution in [3.63, 3.8) is 0 Å². The van der Waals surface area contributed by atoms with Crippen LogP contribution in [0.15, 0.2) is 35.3 Å². The number of aliphatic imine (C=N–C) groups is 1. The molecule has 1 aliphatic rings. The standard InChI is InChI=1S/C18H26ClFN4O/c1-12(2)9-22-18(21)23-10-16(24-7-8-25-13(3)11-24)17-14(19)5-4-6-15(17)20/h4-6,13,16H,1,7-11H2,2-3H3,(H3,21,22,23). The third-order valence-corrected chi connectivity index (χ3v) is 4.38. The number of nitrogens with one attached hydrogen (secondary N) is 1. The van der Waals surface area contributed by atoms with Crippen LogP contribution in [0.4, 0.5) is 4.39 Å². The Balaban J connectivity index is 2.23. The van der Waals surface area contributed by atoms with E-state index in [1.807, 2.05) is 13.8 Å². The minimum absolute atomic E-state index is 0.0738. The minimum Gasteiger partial charge on any atom is -0.376 e. The van der Waals surface area contributed by atoms with Crippen molar-refractivity contribution in [1.82, 2.24) is 10.2 Å². The largest absolute Gasteiger partial charge is 0.376 e. The maximum Gasteiger partial charge on any atom is 0.188 e. The summed E-state index contributed by atoms with van der Waals surface area (Å²) >= 11 is 6.29. The van der Waals surface area contributed by atoms with Crippen LogP contribution in [0.5, 0.6) is 0 Å². The van der Waals surface area contributed by atoms with Crippen molar-refractivity contribution < 1.29 is 9.13 Å². The number of ether oxygens (including phenoxy) is 1. The van der Waals surface area contributed by atoms with E-state index in [4.69, 9.17) is 22.1 Å². The fourth-order valence-electron chi connectivity index (χ4n) is 2.83. The molecule has 1 aliphatic heterocycles. The normalized spacial score (nSPS) is 20.3. The Kier molecular flexibility index (Phi) is 7.23. The van der Waals surface area contributed by atoms with Gasteiger partial charge in [-0.3, -0.25) is 9.89 Å². The van der Waals surface area contributed by atoms with Gasteiger partial charge < -0.3 is 15.8 Å². The molecule has 1 aromatic carbocycles. The summed E-state index contributed by atoms with van der Waals surface area (Å²) in [7, 11) is 0. The molecule has 7 heteroatoms. The number of morpholine rings is 1. The van der Waals surface area contributed by atoms with Crippen molar-refractivity contribution in [3.05, 3.63) is 46.8 Å². The van der Waals surface area contributed by atoms with Gasteiger partial charge in [-0.05, 0) is 26.0 Å². The summed E-state index contributed by atoms with van der Waals surface area (Å²) in [6.45, 7) is 10.5. The first-order valence-electron chi connectivity index (χ1n) is 8.36. The lowest BCUT2D eigenvalue weighted by Gasteiger charge is -2.37. The summed E-state index contributed by atoms with van der Waals surface area (Å²) in [5, 5.41) is 3.38. The second-order valence-electron chi connectivity index (χ2n) is 6.36. The van der Waals surface area contributed by atoms with E-state index in [0.717, 1.165) is 5.57 Å². The molecule has 2 rings (SSSR count). The van der Waals surface area contributed by atoms with E-state index in [1.54, 1.807) is 12.1 Å². The molecule has 0 aromatic heterocycles. The van der Waals surface area contributed by atoms with Crippen LogP contribution in [0.3, 0.4) is 0 Å². The van der Waals surface area contributed by atoms with E-state index in [0.29, 0.717) is 49.3 Å². The molecule has 1 aromatic rings. The SMILES string of the molecule is C=C(C)CNC(N)=NCC(c1c(F)cccc1Cl)N1CCOC(C)C1. The number of hydrogen-bond acceptors (Lipinski definition) is 3. The van der Waals surface area contributed by atoms with Crippen LogP contribution >= 0.6 is 11.6 Å². The predicted molar refractivity (Wildman–Crippen MR) is 100 cm³/mol. The molecule has 3 N–H and O–H groups in total. The molecule has 138 valence electrons. The van der Waals surface area contributed by atoms with Gasteiger partial charge in [-0.2, -0.15) is 0 Å². The molecule has 5 nitrogen and oxygen atoms in total. The Hall–Kier alpha value is -1.63. The number of nitrogens with two attached hydrogens (primary N) is 1. The first-order valence-corrected chi connectivity index (χ1v) is 8.74. The highest BCUT2D eigenvalue weighted by Gasteiger charge is 2.29. The quantitative estimate of drug-likeness (QED) is 0.460. The van der Waals surface area contributed by atoms with Crippen molar-refractivity contribution in [3.8, 4) is 0 Å². The van der Waals surface area contributed by atoms with E-state index in [2.05, 4.69) is 21.8 Å². The van der Waals surface area contributed by atoms with Crippen molar-refractivity contribution in [1.29, 1.82) is 0 Å². The zero-order chi connectivity index (χ0) is 18.4. The number of rotatable bonds is 6. The van der Waals surface area contributed by atoms with Crippen molar-refractivity contribution in [2.24, 2.45) is 10.7 Å². The van der Waals surface area contributed by atoms with Gasteiger partial charge in [0.15, 0.2) is 5.96 Å². The third kappa shape index (κ3) is 5.70. The van der Waals surface area contributed by atoms with Crippen LogP contribution in [0.25, 0.3) is 0 Å². The van der Waals surface area contributed by atoms with Crippen LogP contribution in [0, 0.1) is 5.82 Å². The molecule has 0 radical (unpaired) electrons. The summed E-state index contributed by atoms with van der Waals surface area (Å²) in [5.41, 5.74) is 7.32. The Bertz CT molecular complexity index is 617. The summed E-state index contributed by atoms with van der Waals surface area (Å²) in [4.78, 5) is 6.54. The molecule has 25 heavy (non-hydrogen) atoms. The van der Waals surface area contributed by atoms with E-state index in [9.17, 15) is 4.39 Å². The van der Waals surface area contributed by atoms with Gasteiger partial charge in [-0.15, -0.1) is 0 Å². The van der Waals surface area contributed by atoms with Gasteiger partial charge in [0.05, 0.1) is 25.3 Å². The molecule has 1 fully saturated rings. The smallest absolute Gasteiger partial charge is 0.188 e. The van der Waals surface area contributed by atoms with Gasteiger partial charge in [0.1, 0.15) is 5.82 Å². The average molecular weight is 369 g/mol. The second kappa shape index (κ2) is 9.17. The van der Waals surface area contributed by atoms with Crippen molar-refractivity contribution in [2.75, 3.05) is 32.8 Å². The van der Waals surface area contributed by atoms with E-state index in [1.165, 1.54) is 6.07 Å². The highest BCUT2D eigenvalue weighted by Crippen LogP contribution is 2.31. The Morgan fingerprint density at radius 1 is 1.60 bits per heavy atom. The summed E-state index contributed by atoms with van der Waals surface area (Å²) in [6.07, 6.45) is 0.0738. The highest BCUT2D eigenvalue weighted by molar-refractivity contribution is 6.31.